The number of carbonyl (C=O) groups is 2. The fourth-order valence-electron chi connectivity index (χ4n) is 3.53. The van der Waals surface area contributed by atoms with Crippen molar-refractivity contribution in [2.75, 3.05) is 43.4 Å². The van der Waals surface area contributed by atoms with Crippen molar-refractivity contribution >= 4 is 23.3 Å². The first-order valence-electron chi connectivity index (χ1n) is 10.4. The van der Waals surface area contributed by atoms with Crippen molar-refractivity contribution in [3.8, 4) is 5.75 Å². The zero-order valence-corrected chi connectivity index (χ0v) is 17.9. The highest BCUT2D eigenvalue weighted by molar-refractivity contribution is 5.93. The molecule has 0 saturated carbocycles. The molecule has 1 saturated heterocycles. The first-order valence-corrected chi connectivity index (χ1v) is 10.4. The van der Waals surface area contributed by atoms with Gasteiger partial charge in [-0.3, -0.25) is 9.69 Å². The number of rotatable bonds is 6. The highest BCUT2D eigenvalue weighted by Crippen LogP contribution is 2.34. The summed E-state index contributed by atoms with van der Waals surface area (Å²) in [6.07, 6.45) is -4.09. The van der Waals surface area contributed by atoms with Crippen LogP contribution in [0.3, 0.4) is 0 Å². The fourth-order valence-corrected chi connectivity index (χ4v) is 3.53. The van der Waals surface area contributed by atoms with E-state index in [0.29, 0.717) is 26.1 Å². The lowest BCUT2D eigenvalue weighted by atomic mass is 10.1. The highest BCUT2D eigenvalue weighted by Gasteiger charge is 2.33. The molecule has 0 atom stereocenters. The molecular formula is C22H23F5N4O3. The molecule has 2 aromatic rings. The average molecular weight is 486 g/mol. The molecule has 0 spiro atoms. The zero-order valence-electron chi connectivity index (χ0n) is 17.9. The Morgan fingerprint density at radius 2 is 1.59 bits per heavy atom. The van der Waals surface area contributed by atoms with E-state index in [2.05, 4.69) is 15.4 Å². The lowest BCUT2D eigenvalue weighted by Gasteiger charge is -2.23. The SMILES string of the molecule is O=C(CN1CCCN(C(=O)Nc2ccccc2OC(F)F)CC1)Nc1ccccc1C(F)(F)F. The van der Waals surface area contributed by atoms with E-state index in [-0.39, 0.29) is 30.2 Å². The van der Waals surface area contributed by atoms with Crippen LogP contribution in [0.15, 0.2) is 48.5 Å². The summed E-state index contributed by atoms with van der Waals surface area (Å²) in [6.45, 7) is -1.86. The van der Waals surface area contributed by atoms with Crippen LogP contribution < -0.4 is 15.4 Å². The average Bonchev–Trinajstić information content (AvgIpc) is 3.00. The maximum Gasteiger partial charge on any atom is 0.418 e. The normalized spacial score (nSPS) is 15.1. The van der Waals surface area contributed by atoms with Crippen molar-refractivity contribution in [1.29, 1.82) is 0 Å². The Balaban J connectivity index is 1.55. The van der Waals surface area contributed by atoms with Crippen LogP contribution in [-0.4, -0.2) is 61.1 Å². The van der Waals surface area contributed by atoms with Gasteiger partial charge in [-0.1, -0.05) is 24.3 Å². The van der Waals surface area contributed by atoms with Gasteiger partial charge in [-0.2, -0.15) is 22.0 Å². The number of halogens is 5. The fraction of sp³-hybridized carbons (Fsp3) is 0.364. The molecule has 1 aliphatic rings. The van der Waals surface area contributed by atoms with Crippen molar-refractivity contribution in [3.63, 3.8) is 0 Å². The number of urea groups is 1. The number of hydrogen-bond donors (Lipinski definition) is 2. The number of anilines is 2. The monoisotopic (exact) mass is 486 g/mol. The van der Waals surface area contributed by atoms with Crippen LogP contribution >= 0.6 is 0 Å². The van der Waals surface area contributed by atoms with Gasteiger partial charge in [-0.15, -0.1) is 0 Å². The Morgan fingerprint density at radius 1 is 0.912 bits per heavy atom. The van der Waals surface area contributed by atoms with Crippen molar-refractivity contribution in [3.05, 3.63) is 54.1 Å². The molecule has 3 rings (SSSR count). The van der Waals surface area contributed by atoms with Gasteiger partial charge in [-0.25, -0.2) is 4.79 Å². The molecule has 0 unspecified atom stereocenters. The quantitative estimate of drug-likeness (QED) is 0.591. The van der Waals surface area contributed by atoms with Gasteiger partial charge in [0, 0.05) is 26.2 Å². The zero-order chi connectivity index (χ0) is 24.7. The van der Waals surface area contributed by atoms with Gasteiger partial charge in [-0.05, 0) is 30.7 Å². The molecule has 2 N–H and O–H groups in total. The Morgan fingerprint density at radius 3 is 2.29 bits per heavy atom. The van der Waals surface area contributed by atoms with Gasteiger partial charge in [0.05, 0.1) is 23.5 Å². The largest absolute Gasteiger partial charge is 0.433 e. The Labute approximate surface area is 192 Å². The maximum atomic E-state index is 13.1. The molecule has 3 amide bonds. The number of carbonyl (C=O) groups excluding carboxylic acids is 2. The number of hydrogen-bond acceptors (Lipinski definition) is 4. The van der Waals surface area contributed by atoms with Gasteiger partial charge in [0.25, 0.3) is 0 Å². The van der Waals surface area contributed by atoms with Crippen LogP contribution in [0.4, 0.5) is 38.1 Å². The molecule has 2 aromatic carbocycles. The number of nitrogens with zero attached hydrogens (tertiary/aromatic N) is 2. The molecule has 0 bridgehead atoms. The molecule has 12 heteroatoms. The first-order chi connectivity index (χ1) is 16.1. The van der Waals surface area contributed by atoms with E-state index in [9.17, 15) is 31.5 Å². The lowest BCUT2D eigenvalue weighted by Crippen LogP contribution is -2.39. The van der Waals surface area contributed by atoms with Gasteiger partial charge >= 0.3 is 18.8 Å². The van der Waals surface area contributed by atoms with Crippen molar-refractivity contribution in [2.45, 2.75) is 19.2 Å². The Bertz CT molecular complexity index is 1000. The van der Waals surface area contributed by atoms with E-state index in [1.165, 1.54) is 41.3 Å². The molecule has 184 valence electrons. The Hall–Kier alpha value is -3.41. The summed E-state index contributed by atoms with van der Waals surface area (Å²) in [5.74, 6) is -0.772. The molecule has 1 aliphatic heterocycles. The van der Waals surface area contributed by atoms with E-state index in [0.717, 1.165) is 6.07 Å². The third-order valence-corrected chi connectivity index (χ3v) is 5.09. The molecule has 1 fully saturated rings. The van der Waals surface area contributed by atoms with Crippen molar-refractivity contribution < 1.29 is 36.3 Å². The van der Waals surface area contributed by atoms with Crippen LogP contribution in [-0.2, 0) is 11.0 Å². The summed E-state index contributed by atoms with van der Waals surface area (Å²) in [5, 5.41) is 4.85. The molecule has 0 radical (unpaired) electrons. The second kappa shape index (κ2) is 11.1. The van der Waals surface area contributed by atoms with E-state index >= 15 is 0 Å². The number of alkyl halides is 5. The lowest BCUT2D eigenvalue weighted by molar-refractivity contribution is -0.137. The van der Waals surface area contributed by atoms with Crippen LogP contribution in [0.2, 0.25) is 0 Å². The van der Waals surface area contributed by atoms with E-state index < -0.39 is 30.3 Å². The summed E-state index contributed by atoms with van der Waals surface area (Å²) in [4.78, 5) is 28.2. The van der Waals surface area contributed by atoms with Gasteiger partial charge in [0.1, 0.15) is 5.75 Å². The Kier molecular flexibility index (Phi) is 8.26. The van der Waals surface area contributed by atoms with E-state index in [1.807, 2.05) is 0 Å². The predicted octanol–water partition coefficient (Wildman–Crippen LogP) is 4.49. The minimum atomic E-state index is -4.60. The molecule has 1 heterocycles. The summed E-state index contributed by atoms with van der Waals surface area (Å²) in [7, 11) is 0. The van der Waals surface area contributed by atoms with Crippen LogP contribution in [0, 0.1) is 0 Å². The van der Waals surface area contributed by atoms with Crippen LogP contribution in [0.5, 0.6) is 5.75 Å². The van der Waals surface area contributed by atoms with E-state index in [4.69, 9.17) is 0 Å². The number of benzene rings is 2. The first kappa shape index (κ1) is 25.2. The maximum absolute atomic E-state index is 13.1. The standard InChI is InChI=1S/C22H23F5N4O3/c23-20(24)34-18-9-4-3-8-17(18)29-21(33)31-11-5-10-30(12-13-31)14-19(32)28-16-7-2-1-6-15(16)22(25,26)27/h1-4,6-9,20H,5,10-14H2,(H,28,32)(H,29,33). The van der Waals surface area contributed by atoms with Crippen LogP contribution in [0.1, 0.15) is 12.0 Å². The summed E-state index contributed by atoms with van der Waals surface area (Å²) in [6, 6.07) is 10.00. The molecular weight excluding hydrogens is 463 g/mol. The molecule has 0 aliphatic carbocycles. The third kappa shape index (κ3) is 7.04. The summed E-state index contributed by atoms with van der Waals surface area (Å²) in [5.41, 5.74) is -1.16. The minimum absolute atomic E-state index is 0.0941. The number of amides is 3. The molecule has 34 heavy (non-hydrogen) atoms. The third-order valence-electron chi connectivity index (χ3n) is 5.09. The molecule has 0 aromatic heterocycles. The van der Waals surface area contributed by atoms with Gasteiger partial charge in [0.15, 0.2) is 0 Å². The molecule has 7 nitrogen and oxygen atoms in total. The topological polar surface area (TPSA) is 73.9 Å². The van der Waals surface area contributed by atoms with Crippen molar-refractivity contribution in [1.82, 2.24) is 9.80 Å². The summed E-state index contributed by atoms with van der Waals surface area (Å²) < 4.78 is 68.9. The van der Waals surface area contributed by atoms with Crippen molar-refractivity contribution in [2.24, 2.45) is 0 Å². The van der Waals surface area contributed by atoms with E-state index in [1.54, 1.807) is 11.0 Å². The predicted molar refractivity (Wildman–Crippen MR) is 115 cm³/mol. The smallest absolute Gasteiger partial charge is 0.418 e. The second-order valence-electron chi connectivity index (χ2n) is 7.51. The van der Waals surface area contributed by atoms with Gasteiger partial charge in [0.2, 0.25) is 5.91 Å². The minimum Gasteiger partial charge on any atom is -0.433 e. The number of nitrogens with one attached hydrogen (secondary N) is 2. The van der Waals surface area contributed by atoms with Gasteiger partial charge < -0.3 is 20.3 Å². The van der Waals surface area contributed by atoms with Crippen LogP contribution in [0.25, 0.3) is 0 Å². The highest BCUT2D eigenvalue weighted by atomic mass is 19.4. The number of ether oxygens (including phenoxy) is 1. The summed E-state index contributed by atoms with van der Waals surface area (Å²) >= 11 is 0. The second-order valence-corrected chi connectivity index (χ2v) is 7.51. The number of para-hydroxylation sites is 3.